The summed E-state index contributed by atoms with van der Waals surface area (Å²) in [6.07, 6.45) is 9.89. The third kappa shape index (κ3) is 2.83. The number of halogens is 1. The minimum absolute atomic E-state index is 0.168. The molecule has 168 valence electrons. The van der Waals surface area contributed by atoms with E-state index in [0.717, 1.165) is 49.9 Å². The zero-order chi connectivity index (χ0) is 21.4. The summed E-state index contributed by atoms with van der Waals surface area (Å²) in [5, 5.41) is 3.68. The van der Waals surface area contributed by atoms with E-state index in [2.05, 4.69) is 5.32 Å². The van der Waals surface area contributed by atoms with Crippen LogP contribution in [-0.2, 0) is 14.8 Å². The molecule has 4 aliphatic carbocycles. The van der Waals surface area contributed by atoms with Gasteiger partial charge in [-0.05, 0) is 92.7 Å². The maximum absolute atomic E-state index is 13.5. The van der Waals surface area contributed by atoms with Crippen molar-refractivity contribution in [1.29, 1.82) is 0 Å². The van der Waals surface area contributed by atoms with Gasteiger partial charge in [0.05, 0.1) is 10.3 Å². The van der Waals surface area contributed by atoms with E-state index in [1.807, 2.05) is 0 Å². The third-order valence-electron chi connectivity index (χ3n) is 9.47. The molecule has 3 unspecified atom stereocenters. The first-order chi connectivity index (χ1) is 14.8. The molecule has 5 aliphatic rings. The summed E-state index contributed by atoms with van der Waals surface area (Å²) in [5.74, 6) is 2.54. The highest BCUT2D eigenvalue weighted by Crippen LogP contribution is 2.81. The van der Waals surface area contributed by atoms with E-state index in [-0.39, 0.29) is 27.7 Å². The number of sulfonamides is 1. The van der Waals surface area contributed by atoms with E-state index in [1.165, 1.54) is 31.7 Å². The van der Waals surface area contributed by atoms with E-state index in [9.17, 15) is 13.2 Å². The Hall–Kier alpha value is -1.11. The van der Waals surface area contributed by atoms with Gasteiger partial charge in [0.1, 0.15) is 0 Å². The Balaban J connectivity index is 1.19. The predicted octanol–water partition coefficient (Wildman–Crippen LogP) is 4.22. The molecule has 3 bridgehead atoms. The molecule has 5 fully saturated rings. The normalized spacial score (nSPS) is 41.1. The highest BCUT2D eigenvalue weighted by Gasteiger charge is 2.76. The molecule has 6 atom stereocenters. The van der Waals surface area contributed by atoms with Gasteiger partial charge >= 0.3 is 0 Å². The molecule has 5 nitrogen and oxygen atoms in total. The van der Waals surface area contributed by atoms with Crippen LogP contribution in [-0.4, -0.2) is 37.8 Å². The minimum atomic E-state index is -3.63. The molecule has 4 saturated carbocycles. The number of piperidine rings is 1. The number of carbonyl (C=O) groups excluding carboxylic acids is 1. The van der Waals surface area contributed by atoms with Crippen LogP contribution in [0.4, 0.5) is 0 Å². The van der Waals surface area contributed by atoms with E-state index < -0.39 is 10.0 Å². The molecule has 1 aromatic rings. The lowest BCUT2D eigenvalue weighted by Gasteiger charge is -2.57. The standard InChI is InChI=1S/C24H31ClN2O3S/c25-19-4-3-6-21(10-19)31(29,30)27-7-2-1-5-20(27)15-26-22(28)24-13-17-8-16-9-18(14-24)23(24,11-16)12-17/h3-4,6,10,16-18,20H,1-2,5,7-9,11-15H2,(H,26,28)/t16-,17+,18+,20?,23?,24?/m0/s1. The van der Waals surface area contributed by atoms with Gasteiger partial charge in [0, 0.05) is 24.2 Å². The third-order valence-corrected chi connectivity index (χ3v) is 11.6. The first-order valence-corrected chi connectivity index (χ1v) is 13.7. The molecule has 1 amide bonds. The largest absolute Gasteiger partial charge is 0.354 e. The van der Waals surface area contributed by atoms with Crippen LogP contribution >= 0.6 is 11.6 Å². The van der Waals surface area contributed by atoms with Gasteiger partial charge in [-0.15, -0.1) is 0 Å². The molecule has 1 aromatic carbocycles. The van der Waals surface area contributed by atoms with Gasteiger partial charge in [-0.2, -0.15) is 4.31 Å². The average Bonchev–Trinajstić information content (AvgIpc) is 3.07. The molecule has 0 aromatic heterocycles. The van der Waals surface area contributed by atoms with Crippen molar-refractivity contribution in [3.05, 3.63) is 29.3 Å². The number of hydrogen-bond acceptors (Lipinski definition) is 3. The fraction of sp³-hybridized carbons (Fsp3) is 0.708. The number of rotatable bonds is 5. The molecule has 1 spiro atoms. The van der Waals surface area contributed by atoms with Gasteiger partial charge in [-0.25, -0.2) is 8.42 Å². The van der Waals surface area contributed by atoms with Crippen molar-refractivity contribution < 1.29 is 13.2 Å². The van der Waals surface area contributed by atoms with Gasteiger partial charge in [-0.1, -0.05) is 24.1 Å². The number of nitrogens with one attached hydrogen (secondary N) is 1. The molecule has 31 heavy (non-hydrogen) atoms. The van der Waals surface area contributed by atoms with Crippen LogP contribution in [0.2, 0.25) is 5.02 Å². The lowest BCUT2D eigenvalue weighted by atomic mass is 9.46. The monoisotopic (exact) mass is 462 g/mol. The lowest BCUT2D eigenvalue weighted by Crippen LogP contribution is -2.61. The topological polar surface area (TPSA) is 66.5 Å². The Kier molecular flexibility index (Phi) is 4.59. The van der Waals surface area contributed by atoms with E-state index in [1.54, 1.807) is 22.5 Å². The van der Waals surface area contributed by atoms with Gasteiger partial charge in [0.25, 0.3) is 0 Å². The Bertz CT molecular complexity index is 1020. The molecule has 7 heteroatoms. The average molecular weight is 463 g/mol. The Morgan fingerprint density at radius 1 is 1.13 bits per heavy atom. The van der Waals surface area contributed by atoms with Gasteiger partial charge < -0.3 is 5.32 Å². The molecular formula is C24H31ClN2O3S. The summed E-state index contributed by atoms with van der Waals surface area (Å²) in [6, 6.07) is 6.29. The number of benzene rings is 1. The Morgan fingerprint density at radius 2 is 1.97 bits per heavy atom. The first kappa shape index (κ1) is 20.5. The van der Waals surface area contributed by atoms with E-state index in [4.69, 9.17) is 11.6 Å². The van der Waals surface area contributed by atoms with E-state index >= 15 is 0 Å². The van der Waals surface area contributed by atoms with Crippen molar-refractivity contribution in [3.8, 4) is 0 Å². The molecule has 6 rings (SSSR count). The summed E-state index contributed by atoms with van der Waals surface area (Å²) in [5.41, 5.74) is 0.0999. The van der Waals surface area contributed by atoms with Crippen LogP contribution in [0.1, 0.15) is 57.8 Å². The zero-order valence-corrected chi connectivity index (χ0v) is 19.4. The van der Waals surface area contributed by atoms with Crippen molar-refractivity contribution in [2.75, 3.05) is 13.1 Å². The number of nitrogens with zero attached hydrogens (tertiary/aromatic N) is 1. The van der Waals surface area contributed by atoms with Crippen molar-refractivity contribution in [1.82, 2.24) is 9.62 Å². The molecule has 1 N–H and O–H groups in total. The number of hydrogen-bond donors (Lipinski definition) is 1. The van der Waals surface area contributed by atoms with Gasteiger partial charge in [0.15, 0.2) is 0 Å². The number of carbonyl (C=O) groups is 1. The van der Waals surface area contributed by atoms with E-state index in [0.29, 0.717) is 18.1 Å². The second-order valence-corrected chi connectivity index (χ2v) is 13.2. The fourth-order valence-corrected chi connectivity index (χ4v) is 10.4. The number of fused-ring (bicyclic) bond motifs is 2. The van der Waals surface area contributed by atoms with Crippen LogP contribution in [0.15, 0.2) is 29.2 Å². The summed E-state index contributed by atoms with van der Waals surface area (Å²) in [7, 11) is -3.63. The van der Waals surface area contributed by atoms with Gasteiger partial charge in [0.2, 0.25) is 15.9 Å². The Morgan fingerprint density at radius 3 is 2.81 bits per heavy atom. The lowest BCUT2D eigenvalue weighted by molar-refractivity contribution is -0.161. The summed E-state index contributed by atoms with van der Waals surface area (Å²) in [4.78, 5) is 13.8. The van der Waals surface area contributed by atoms with Gasteiger partial charge in [-0.3, -0.25) is 4.79 Å². The minimum Gasteiger partial charge on any atom is -0.354 e. The molecule has 1 heterocycles. The second kappa shape index (κ2) is 6.94. The van der Waals surface area contributed by atoms with Crippen molar-refractivity contribution in [2.24, 2.45) is 28.6 Å². The molecular weight excluding hydrogens is 432 g/mol. The first-order valence-electron chi connectivity index (χ1n) is 11.9. The molecule has 1 aliphatic heterocycles. The maximum Gasteiger partial charge on any atom is 0.243 e. The van der Waals surface area contributed by atoms with Crippen LogP contribution < -0.4 is 5.32 Å². The molecule has 0 radical (unpaired) electrons. The second-order valence-electron chi connectivity index (χ2n) is 10.9. The maximum atomic E-state index is 13.5. The predicted molar refractivity (Wildman–Crippen MR) is 119 cm³/mol. The number of amides is 1. The van der Waals surface area contributed by atoms with Crippen LogP contribution in [0.5, 0.6) is 0 Å². The van der Waals surface area contributed by atoms with Crippen molar-refractivity contribution in [3.63, 3.8) is 0 Å². The SMILES string of the molecule is O=C(NCC1CCCCN1S(=O)(=O)c1cccc(Cl)c1)C12C[C@@H]3C[C@H]4C[C@H](C1)C2(C4)C3. The summed E-state index contributed by atoms with van der Waals surface area (Å²) in [6.45, 7) is 0.908. The molecule has 1 saturated heterocycles. The van der Waals surface area contributed by atoms with Crippen molar-refractivity contribution >= 4 is 27.5 Å². The van der Waals surface area contributed by atoms with Crippen molar-refractivity contribution in [2.45, 2.75) is 68.7 Å². The highest BCUT2D eigenvalue weighted by atomic mass is 35.5. The van der Waals surface area contributed by atoms with Crippen LogP contribution in [0.25, 0.3) is 0 Å². The van der Waals surface area contributed by atoms with Crippen LogP contribution in [0, 0.1) is 28.6 Å². The highest BCUT2D eigenvalue weighted by molar-refractivity contribution is 7.89. The Labute approximate surface area is 190 Å². The quantitative estimate of drug-likeness (QED) is 0.712. The zero-order valence-electron chi connectivity index (χ0n) is 17.9. The smallest absolute Gasteiger partial charge is 0.243 e. The van der Waals surface area contributed by atoms with Crippen LogP contribution in [0.3, 0.4) is 0 Å². The fourth-order valence-electron chi connectivity index (χ4n) is 8.43. The summed E-state index contributed by atoms with van der Waals surface area (Å²) >= 11 is 6.06. The summed E-state index contributed by atoms with van der Waals surface area (Å²) < 4.78 is 28.3.